The molecular weight excluding hydrogens is 668 g/mol. The van der Waals surface area contributed by atoms with Gasteiger partial charge in [-0.15, -0.1) is 0 Å². The Morgan fingerprint density at radius 2 is 1.45 bits per heavy atom. The molecule has 0 radical (unpaired) electrons. The lowest BCUT2D eigenvalue weighted by Crippen LogP contribution is -2.67. The number of amides is 2. The highest BCUT2D eigenvalue weighted by Gasteiger charge is 2.48. The molecule has 286 valence electrons. The maximum absolute atomic E-state index is 13.6. The van der Waals surface area contributed by atoms with Crippen LogP contribution in [0.4, 0.5) is 10.1 Å². The Balaban J connectivity index is 0.880. The quantitative estimate of drug-likeness (QED) is 0.0668. The van der Waals surface area contributed by atoms with Crippen LogP contribution in [0.2, 0.25) is 0 Å². The van der Waals surface area contributed by atoms with Crippen LogP contribution in [-0.2, 0) is 16.1 Å². The van der Waals surface area contributed by atoms with E-state index in [0.29, 0.717) is 31.4 Å². The molecule has 4 heterocycles. The van der Waals surface area contributed by atoms with Gasteiger partial charge in [0.25, 0.3) is 0 Å². The highest BCUT2D eigenvalue weighted by Crippen LogP contribution is 2.46. The lowest BCUT2D eigenvalue weighted by atomic mass is 9.78. The molecule has 9 heteroatoms. The summed E-state index contributed by atoms with van der Waals surface area (Å²) in [5.74, 6) is 0.183. The number of hydrogen-bond acceptors (Lipinski definition) is 5. The highest BCUT2D eigenvalue weighted by molar-refractivity contribution is 6.03. The molecule has 0 aliphatic carbocycles. The van der Waals surface area contributed by atoms with E-state index in [0.717, 1.165) is 35.4 Å². The van der Waals surface area contributed by atoms with E-state index < -0.39 is 6.10 Å². The number of β-lactam (4-membered cyclic amide) rings is 1. The monoisotopic (exact) mass is 727 g/mol. The Hall–Kier alpha value is -3.79. The molecular formula is C44H60FN4O4+. The van der Waals surface area contributed by atoms with Crippen LogP contribution >= 0.6 is 0 Å². The van der Waals surface area contributed by atoms with Crippen molar-refractivity contribution in [3.8, 4) is 5.75 Å². The SMILES string of the molecule is COc1ccc(C2C(CCC(O)c3ccc(F)cc3)C(=O)N2c2ccc(CNC(=O)CCCCCCCCCCC[N+]34CCN(CC3)CC4)cc2)cc1. The Labute approximate surface area is 315 Å². The number of carbonyl (C=O) groups excluding carboxylic acids is 2. The first-order valence-electron chi connectivity index (χ1n) is 20.2. The van der Waals surface area contributed by atoms with E-state index in [4.69, 9.17) is 4.74 Å². The predicted molar refractivity (Wildman–Crippen MR) is 208 cm³/mol. The molecule has 4 fully saturated rings. The predicted octanol–water partition coefficient (Wildman–Crippen LogP) is 7.72. The minimum Gasteiger partial charge on any atom is -0.497 e. The lowest BCUT2D eigenvalue weighted by molar-refractivity contribution is -0.941. The van der Waals surface area contributed by atoms with Crippen LogP contribution in [0.5, 0.6) is 5.75 Å². The van der Waals surface area contributed by atoms with Gasteiger partial charge in [0.15, 0.2) is 0 Å². The topological polar surface area (TPSA) is 82.1 Å². The van der Waals surface area contributed by atoms with Crippen molar-refractivity contribution in [1.29, 1.82) is 0 Å². The molecule has 3 aromatic carbocycles. The Bertz CT molecular complexity index is 1580. The van der Waals surface area contributed by atoms with Gasteiger partial charge in [-0.3, -0.25) is 14.5 Å². The Morgan fingerprint density at radius 3 is 2.08 bits per heavy atom. The van der Waals surface area contributed by atoms with Crippen LogP contribution in [0.3, 0.4) is 0 Å². The van der Waals surface area contributed by atoms with E-state index in [1.165, 1.54) is 107 Å². The van der Waals surface area contributed by atoms with Crippen molar-refractivity contribution in [3.63, 3.8) is 0 Å². The summed E-state index contributed by atoms with van der Waals surface area (Å²) in [6.45, 7) is 9.90. The summed E-state index contributed by atoms with van der Waals surface area (Å²) in [5, 5.41) is 13.8. The minimum absolute atomic E-state index is 0.00686. The van der Waals surface area contributed by atoms with Crippen molar-refractivity contribution < 1.29 is 28.3 Å². The van der Waals surface area contributed by atoms with Crippen molar-refractivity contribution in [2.45, 2.75) is 95.7 Å². The van der Waals surface area contributed by atoms with Gasteiger partial charge in [-0.25, -0.2) is 4.39 Å². The first-order chi connectivity index (χ1) is 25.8. The van der Waals surface area contributed by atoms with Crippen LogP contribution in [-0.4, -0.2) is 79.2 Å². The number of fused-ring (bicyclic) bond motifs is 3. The summed E-state index contributed by atoms with van der Waals surface area (Å²) in [6, 6.07) is 21.2. The number of halogens is 1. The van der Waals surface area contributed by atoms with Crippen molar-refractivity contribution >= 4 is 17.5 Å². The number of nitrogens with zero attached hydrogens (tertiary/aromatic N) is 3. The zero-order valence-electron chi connectivity index (χ0n) is 31.7. The van der Waals surface area contributed by atoms with Crippen molar-refractivity contribution in [1.82, 2.24) is 10.2 Å². The Morgan fingerprint density at radius 1 is 0.849 bits per heavy atom. The van der Waals surface area contributed by atoms with Gasteiger partial charge in [0.05, 0.1) is 51.4 Å². The van der Waals surface area contributed by atoms with E-state index in [9.17, 15) is 19.1 Å². The molecule has 2 bridgehead atoms. The fourth-order valence-electron chi connectivity index (χ4n) is 8.59. The van der Waals surface area contributed by atoms with Crippen LogP contribution in [0.15, 0.2) is 72.8 Å². The number of unbranched alkanes of at least 4 members (excludes halogenated alkanes) is 8. The Kier molecular flexibility index (Phi) is 13.9. The second kappa shape index (κ2) is 19.0. The molecule has 3 aromatic rings. The van der Waals surface area contributed by atoms with Gasteiger partial charge >= 0.3 is 0 Å². The summed E-state index contributed by atoms with van der Waals surface area (Å²) >= 11 is 0. The number of piperazine rings is 3. The largest absolute Gasteiger partial charge is 0.497 e. The third kappa shape index (κ3) is 10.5. The number of methoxy groups -OCH3 is 1. The number of hydrogen-bond donors (Lipinski definition) is 2. The molecule has 8 nitrogen and oxygen atoms in total. The molecule has 2 amide bonds. The number of benzene rings is 3. The average molecular weight is 728 g/mol. The van der Waals surface area contributed by atoms with Crippen LogP contribution in [0, 0.1) is 11.7 Å². The van der Waals surface area contributed by atoms with E-state index >= 15 is 0 Å². The molecule has 0 aromatic heterocycles. The molecule has 53 heavy (non-hydrogen) atoms. The molecule has 0 saturated carbocycles. The smallest absolute Gasteiger partial charge is 0.233 e. The van der Waals surface area contributed by atoms with E-state index in [2.05, 4.69) is 10.2 Å². The molecule has 4 aliphatic rings. The van der Waals surface area contributed by atoms with Crippen LogP contribution in [0.25, 0.3) is 0 Å². The summed E-state index contributed by atoms with van der Waals surface area (Å²) in [7, 11) is 1.63. The minimum atomic E-state index is -0.781. The molecule has 4 aliphatic heterocycles. The number of carbonyl (C=O) groups is 2. The molecule has 3 atom stereocenters. The fraction of sp³-hybridized carbons (Fsp3) is 0.545. The van der Waals surface area contributed by atoms with Crippen molar-refractivity contribution in [2.75, 3.05) is 57.8 Å². The van der Waals surface area contributed by atoms with Crippen LogP contribution < -0.4 is 15.0 Å². The number of rotatable bonds is 21. The van der Waals surface area contributed by atoms with Crippen LogP contribution in [0.1, 0.15) is 106 Å². The number of ether oxygens (including phenoxy) is 1. The summed E-state index contributed by atoms with van der Waals surface area (Å²) in [4.78, 5) is 30.6. The first kappa shape index (κ1) is 38.9. The van der Waals surface area contributed by atoms with Crippen molar-refractivity contribution in [3.05, 3.63) is 95.3 Å². The number of nitrogens with one attached hydrogen (secondary N) is 1. The van der Waals surface area contributed by atoms with Gasteiger partial charge in [-0.2, -0.15) is 0 Å². The van der Waals surface area contributed by atoms with Gasteiger partial charge < -0.3 is 24.5 Å². The number of aliphatic hydroxyl groups excluding tert-OH is 1. The van der Waals surface area contributed by atoms with Gasteiger partial charge in [-0.05, 0) is 85.2 Å². The van der Waals surface area contributed by atoms with Crippen molar-refractivity contribution in [2.24, 2.45) is 5.92 Å². The molecule has 0 spiro atoms. The average Bonchev–Trinajstić information content (AvgIpc) is 3.19. The summed E-state index contributed by atoms with van der Waals surface area (Å²) in [5.41, 5.74) is 3.41. The summed E-state index contributed by atoms with van der Waals surface area (Å²) in [6.07, 6.45) is 11.9. The van der Waals surface area contributed by atoms with E-state index in [1.807, 2.05) is 53.4 Å². The molecule has 2 N–H and O–H groups in total. The second-order valence-corrected chi connectivity index (χ2v) is 15.6. The zero-order chi connectivity index (χ0) is 37.0. The molecule has 7 rings (SSSR count). The first-order valence-corrected chi connectivity index (χ1v) is 20.2. The normalized spacial score (nSPS) is 22.7. The lowest BCUT2D eigenvalue weighted by Gasteiger charge is -2.50. The van der Waals surface area contributed by atoms with E-state index in [1.54, 1.807) is 19.2 Å². The van der Waals surface area contributed by atoms with Gasteiger partial charge in [-0.1, -0.05) is 74.9 Å². The van der Waals surface area contributed by atoms with Gasteiger partial charge in [0, 0.05) is 38.3 Å². The standard InChI is InChI=1S/C44H59FN4O4/c1-53-39-22-16-36(17-23-39)43-40(24-25-41(50)35-14-18-37(45)19-15-35)44(52)48(43)38-20-12-34(13-21-38)33-46-42(51)11-9-7-5-3-2-4-6-8-10-29-49-30-26-47(27-31-49)28-32-49/h12-23,40-41,43,50H,2-11,24-33H2,1H3/p+1. The van der Waals surface area contributed by atoms with E-state index in [-0.39, 0.29) is 29.6 Å². The molecule has 3 unspecified atom stereocenters. The highest BCUT2D eigenvalue weighted by atomic mass is 19.1. The third-order valence-corrected chi connectivity index (χ3v) is 12.1. The maximum Gasteiger partial charge on any atom is 0.233 e. The number of anilines is 1. The number of quaternary nitrogens is 1. The fourth-order valence-corrected chi connectivity index (χ4v) is 8.59. The third-order valence-electron chi connectivity index (χ3n) is 12.1. The second-order valence-electron chi connectivity index (χ2n) is 15.6. The summed E-state index contributed by atoms with van der Waals surface area (Å²) < 4.78 is 20.1. The maximum atomic E-state index is 13.6. The molecule has 4 saturated heterocycles. The van der Waals surface area contributed by atoms with Gasteiger partial charge in [0.1, 0.15) is 11.6 Å². The van der Waals surface area contributed by atoms with Gasteiger partial charge in [0.2, 0.25) is 11.8 Å². The zero-order valence-corrected chi connectivity index (χ0v) is 31.7. The number of aliphatic hydroxyl groups is 1.